The molecule has 2 amide bonds. The number of nitrogens with two attached hydrogens (primary N) is 1. The van der Waals surface area contributed by atoms with E-state index in [0.717, 1.165) is 5.69 Å². The maximum atomic E-state index is 12.3. The van der Waals surface area contributed by atoms with Gasteiger partial charge in [-0.25, -0.2) is 0 Å². The van der Waals surface area contributed by atoms with Gasteiger partial charge >= 0.3 is 0 Å². The van der Waals surface area contributed by atoms with Gasteiger partial charge in [0.2, 0.25) is 5.91 Å². The van der Waals surface area contributed by atoms with Crippen molar-refractivity contribution in [3.8, 4) is 0 Å². The highest BCUT2D eigenvalue weighted by Crippen LogP contribution is 2.36. The highest BCUT2D eigenvalue weighted by molar-refractivity contribution is 6.05. The van der Waals surface area contributed by atoms with E-state index < -0.39 is 5.91 Å². The number of anilines is 1. The Morgan fingerprint density at radius 1 is 1.23 bits per heavy atom. The minimum absolute atomic E-state index is 0.258. The molecule has 1 aliphatic carbocycles. The minimum Gasteiger partial charge on any atom is -0.366 e. The standard InChI is InChI=1S/C17H19N3O2/c1-20-10-13(16(18)21)9-15(20)17(22)19-14-7-5-12(6-8-14)11-3-2-4-11/h5-11H,2-4H2,1H3,(H2,18,21)(H,19,22). The van der Waals surface area contributed by atoms with Gasteiger partial charge in [0.15, 0.2) is 0 Å². The fourth-order valence-corrected chi connectivity index (χ4v) is 2.70. The van der Waals surface area contributed by atoms with Crippen molar-refractivity contribution in [2.75, 3.05) is 5.32 Å². The molecule has 5 heteroatoms. The summed E-state index contributed by atoms with van der Waals surface area (Å²) in [7, 11) is 1.71. The van der Waals surface area contributed by atoms with Gasteiger partial charge in [-0.3, -0.25) is 9.59 Å². The summed E-state index contributed by atoms with van der Waals surface area (Å²) in [6.07, 6.45) is 5.37. The Bertz CT molecular complexity index is 712. The monoisotopic (exact) mass is 297 g/mol. The molecule has 5 nitrogen and oxygen atoms in total. The van der Waals surface area contributed by atoms with E-state index in [1.54, 1.807) is 17.8 Å². The third kappa shape index (κ3) is 2.74. The van der Waals surface area contributed by atoms with E-state index in [9.17, 15) is 9.59 Å². The van der Waals surface area contributed by atoms with Crippen molar-refractivity contribution in [2.45, 2.75) is 25.2 Å². The van der Waals surface area contributed by atoms with E-state index in [2.05, 4.69) is 17.4 Å². The fourth-order valence-electron chi connectivity index (χ4n) is 2.70. The average Bonchev–Trinajstić information content (AvgIpc) is 2.81. The van der Waals surface area contributed by atoms with Crippen LogP contribution in [-0.2, 0) is 7.05 Å². The van der Waals surface area contributed by atoms with Crippen LogP contribution >= 0.6 is 0 Å². The Hall–Kier alpha value is -2.56. The van der Waals surface area contributed by atoms with Gasteiger partial charge in [-0.15, -0.1) is 0 Å². The quantitative estimate of drug-likeness (QED) is 0.910. The van der Waals surface area contributed by atoms with Crippen molar-refractivity contribution >= 4 is 17.5 Å². The normalized spacial score (nSPS) is 14.4. The summed E-state index contributed by atoms with van der Waals surface area (Å²) in [5.74, 6) is -0.123. The van der Waals surface area contributed by atoms with Gasteiger partial charge in [0.05, 0.1) is 5.56 Å². The molecule has 114 valence electrons. The molecule has 0 saturated heterocycles. The minimum atomic E-state index is -0.542. The van der Waals surface area contributed by atoms with Crippen LogP contribution in [0, 0.1) is 0 Å². The van der Waals surface area contributed by atoms with E-state index in [1.165, 1.54) is 30.9 Å². The number of benzene rings is 1. The fraction of sp³-hybridized carbons (Fsp3) is 0.294. The number of aryl methyl sites for hydroxylation is 1. The van der Waals surface area contributed by atoms with Crippen LogP contribution in [0.3, 0.4) is 0 Å². The first-order chi connectivity index (χ1) is 10.5. The summed E-state index contributed by atoms with van der Waals surface area (Å²) in [5, 5.41) is 2.84. The highest BCUT2D eigenvalue weighted by Gasteiger charge is 2.19. The van der Waals surface area contributed by atoms with E-state index in [4.69, 9.17) is 5.73 Å². The summed E-state index contributed by atoms with van der Waals surface area (Å²) in [6, 6.07) is 9.48. The van der Waals surface area contributed by atoms with Crippen molar-refractivity contribution in [3.63, 3.8) is 0 Å². The number of amides is 2. The average molecular weight is 297 g/mol. The second kappa shape index (κ2) is 5.67. The zero-order chi connectivity index (χ0) is 15.7. The maximum Gasteiger partial charge on any atom is 0.272 e. The lowest BCUT2D eigenvalue weighted by atomic mass is 9.80. The van der Waals surface area contributed by atoms with Crippen molar-refractivity contribution in [2.24, 2.45) is 12.8 Å². The number of aromatic nitrogens is 1. The molecule has 0 aliphatic heterocycles. The SMILES string of the molecule is Cn1cc(C(N)=O)cc1C(=O)Nc1ccc(C2CCC2)cc1. The number of rotatable bonds is 4. The summed E-state index contributed by atoms with van der Waals surface area (Å²) < 4.78 is 1.60. The third-order valence-electron chi connectivity index (χ3n) is 4.27. The van der Waals surface area contributed by atoms with Gasteiger partial charge in [-0.05, 0) is 42.5 Å². The molecule has 3 N–H and O–H groups in total. The molecule has 22 heavy (non-hydrogen) atoms. The first kappa shape index (κ1) is 14.4. The van der Waals surface area contributed by atoms with Crippen LogP contribution < -0.4 is 11.1 Å². The number of hydrogen-bond acceptors (Lipinski definition) is 2. The van der Waals surface area contributed by atoms with E-state index in [1.807, 2.05) is 12.1 Å². The molecule has 1 saturated carbocycles. The molecule has 0 bridgehead atoms. The van der Waals surface area contributed by atoms with Gasteiger partial charge in [-0.2, -0.15) is 0 Å². The molecular weight excluding hydrogens is 278 g/mol. The third-order valence-corrected chi connectivity index (χ3v) is 4.27. The summed E-state index contributed by atoms with van der Waals surface area (Å²) in [4.78, 5) is 23.4. The number of carbonyl (C=O) groups is 2. The Morgan fingerprint density at radius 2 is 1.91 bits per heavy atom. The maximum absolute atomic E-state index is 12.3. The van der Waals surface area contributed by atoms with E-state index >= 15 is 0 Å². The van der Waals surface area contributed by atoms with Crippen LogP contribution in [0.25, 0.3) is 0 Å². The number of hydrogen-bond donors (Lipinski definition) is 2. The molecule has 1 heterocycles. The molecule has 0 atom stereocenters. The zero-order valence-electron chi connectivity index (χ0n) is 12.5. The second-order valence-electron chi connectivity index (χ2n) is 5.79. The van der Waals surface area contributed by atoms with Gasteiger partial charge in [0.25, 0.3) is 5.91 Å². The van der Waals surface area contributed by atoms with E-state index in [0.29, 0.717) is 17.2 Å². The molecule has 1 aromatic carbocycles. The first-order valence-corrected chi connectivity index (χ1v) is 7.42. The van der Waals surface area contributed by atoms with Crippen molar-refractivity contribution in [1.82, 2.24) is 4.57 Å². The largest absolute Gasteiger partial charge is 0.366 e. The summed E-state index contributed by atoms with van der Waals surface area (Å²) in [5.41, 5.74) is 8.03. The Morgan fingerprint density at radius 3 is 2.41 bits per heavy atom. The van der Waals surface area contributed by atoms with Crippen LogP contribution in [0.5, 0.6) is 0 Å². The predicted octanol–water partition coefficient (Wildman–Crippen LogP) is 2.64. The Labute approximate surface area is 129 Å². The van der Waals surface area contributed by atoms with Crippen molar-refractivity contribution in [3.05, 3.63) is 53.3 Å². The molecule has 1 aliphatic rings. The molecular formula is C17H19N3O2. The van der Waals surface area contributed by atoms with Gasteiger partial charge < -0.3 is 15.6 Å². The number of nitrogens with one attached hydrogen (secondary N) is 1. The number of carbonyl (C=O) groups excluding carboxylic acids is 2. The van der Waals surface area contributed by atoms with Crippen LogP contribution in [0.4, 0.5) is 5.69 Å². The van der Waals surface area contributed by atoms with Crippen LogP contribution in [0.1, 0.15) is 51.6 Å². The lowest BCUT2D eigenvalue weighted by molar-refractivity contribution is 0.0998. The van der Waals surface area contributed by atoms with Gasteiger partial charge in [-0.1, -0.05) is 18.6 Å². The number of nitrogens with zero attached hydrogens (tertiary/aromatic N) is 1. The molecule has 0 spiro atoms. The lowest BCUT2D eigenvalue weighted by Gasteiger charge is -2.25. The molecule has 2 aromatic rings. The smallest absolute Gasteiger partial charge is 0.272 e. The van der Waals surface area contributed by atoms with Crippen LogP contribution in [0.2, 0.25) is 0 Å². The van der Waals surface area contributed by atoms with Crippen molar-refractivity contribution < 1.29 is 9.59 Å². The first-order valence-electron chi connectivity index (χ1n) is 7.42. The molecule has 1 fully saturated rings. The molecule has 1 aromatic heterocycles. The van der Waals surface area contributed by atoms with Gasteiger partial charge in [0, 0.05) is 18.9 Å². The van der Waals surface area contributed by atoms with Crippen molar-refractivity contribution in [1.29, 1.82) is 0 Å². The van der Waals surface area contributed by atoms with Crippen LogP contribution in [0.15, 0.2) is 36.5 Å². The topological polar surface area (TPSA) is 77.1 Å². The van der Waals surface area contributed by atoms with E-state index in [-0.39, 0.29) is 5.91 Å². The molecule has 3 rings (SSSR count). The summed E-state index contributed by atoms with van der Waals surface area (Å²) in [6.45, 7) is 0. The molecule has 0 radical (unpaired) electrons. The predicted molar refractivity (Wildman–Crippen MR) is 84.9 cm³/mol. The van der Waals surface area contributed by atoms with Crippen LogP contribution in [-0.4, -0.2) is 16.4 Å². The van der Waals surface area contributed by atoms with Gasteiger partial charge in [0.1, 0.15) is 5.69 Å². The number of primary amides is 1. The Kier molecular flexibility index (Phi) is 3.71. The highest BCUT2D eigenvalue weighted by atomic mass is 16.2. The lowest BCUT2D eigenvalue weighted by Crippen LogP contribution is -2.15. The molecule has 0 unspecified atom stereocenters. The summed E-state index contributed by atoms with van der Waals surface area (Å²) >= 11 is 0. The Balaban J connectivity index is 1.72. The zero-order valence-corrected chi connectivity index (χ0v) is 12.5. The second-order valence-corrected chi connectivity index (χ2v) is 5.79.